The first-order chi connectivity index (χ1) is 17.0. The van der Waals surface area contributed by atoms with Gasteiger partial charge in [0, 0.05) is 18.2 Å². The summed E-state index contributed by atoms with van der Waals surface area (Å²) < 4.78 is 6.92. The first-order valence-electron chi connectivity index (χ1n) is 11.7. The largest absolute Gasteiger partial charge is 0.481 e. The number of hydrogen-bond acceptors (Lipinski definition) is 5. The number of carboxylic acid groups (broad SMARTS) is 1. The summed E-state index contributed by atoms with van der Waals surface area (Å²) in [4.78, 5) is 36.1. The van der Waals surface area contributed by atoms with Crippen molar-refractivity contribution in [3.05, 3.63) is 72.1 Å². The highest BCUT2D eigenvalue weighted by atomic mass is 16.5. The van der Waals surface area contributed by atoms with Gasteiger partial charge in [0.2, 0.25) is 5.91 Å². The van der Waals surface area contributed by atoms with Crippen LogP contribution in [0, 0.1) is 5.92 Å². The number of carboxylic acids is 1. The second-order valence-electron chi connectivity index (χ2n) is 8.93. The summed E-state index contributed by atoms with van der Waals surface area (Å²) in [6.07, 6.45) is 4.35. The van der Waals surface area contributed by atoms with Gasteiger partial charge in [0.15, 0.2) is 0 Å². The minimum Gasteiger partial charge on any atom is -0.481 e. The maximum Gasteiger partial charge on any atom is 0.411 e. The van der Waals surface area contributed by atoms with Gasteiger partial charge in [-0.2, -0.15) is 5.10 Å². The van der Waals surface area contributed by atoms with Crippen LogP contribution in [0.3, 0.4) is 0 Å². The van der Waals surface area contributed by atoms with Crippen LogP contribution in [0.2, 0.25) is 0 Å². The van der Waals surface area contributed by atoms with Crippen molar-refractivity contribution in [2.45, 2.75) is 37.8 Å². The Morgan fingerprint density at radius 2 is 1.71 bits per heavy atom. The van der Waals surface area contributed by atoms with Crippen molar-refractivity contribution in [1.82, 2.24) is 15.1 Å². The van der Waals surface area contributed by atoms with E-state index < -0.39 is 18.0 Å². The first-order valence-corrected chi connectivity index (χ1v) is 11.7. The molecule has 0 bridgehead atoms. The molecule has 2 amide bonds. The molecule has 1 heterocycles. The number of ether oxygens (including phenoxy) is 1. The molecule has 3 N–H and O–H groups in total. The molecule has 1 fully saturated rings. The van der Waals surface area contributed by atoms with Crippen LogP contribution in [0.25, 0.3) is 11.1 Å². The zero-order chi connectivity index (χ0) is 24.4. The maximum atomic E-state index is 12.4. The molecule has 0 unspecified atom stereocenters. The number of carbonyl (C=O) groups excluding carboxylic acids is 2. The van der Waals surface area contributed by atoms with Crippen LogP contribution < -0.4 is 10.6 Å². The minimum absolute atomic E-state index is 0.0372. The Morgan fingerprint density at radius 3 is 2.40 bits per heavy atom. The summed E-state index contributed by atoms with van der Waals surface area (Å²) in [6.45, 7) is 0.123. The molecular formula is C26H26N4O5. The SMILES string of the molecule is O=C(Cn1cc(NC(=O)OCC2c3ccccc3-c3ccccc32)cn1)N[C@@H]1CCC[C@@H]1C(=O)O. The molecule has 9 nitrogen and oxygen atoms in total. The molecule has 2 aromatic carbocycles. The van der Waals surface area contributed by atoms with Crippen LogP contribution in [-0.4, -0.2) is 45.5 Å². The van der Waals surface area contributed by atoms with E-state index in [0.29, 0.717) is 18.5 Å². The third kappa shape index (κ3) is 4.75. The van der Waals surface area contributed by atoms with Gasteiger partial charge in [-0.1, -0.05) is 55.0 Å². The van der Waals surface area contributed by atoms with Crippen molar-refractivity contribution in [3.8, 4) is 11.1 Å². The number of anilines is 1. The number of carbonyl (C=O) groups is 3. The molecule has 0 saturated heterocycles. The monoisotopic (exact) mass is 474 g/mol. The number of amides is 2. The zero-order valence-electron chi connectivity index (χ0n) is 19.0. The smallest absolute Gasteiger partial charge is 0.411 e. The zero-order valence-corrected chi connectivity index (χ0v) is 19.0. The normalized spacial score (nSPS) is 18.5. The summed E-state index contributed by atoms with van der Waals surface area (Å²) in [7, 11) is 0. The number of hydrogen-bond donors (Lipinski definition) is 3. The molecule has 2 atom stereocenters. The first kappa shape index (κ1) is 22.6. The number of rotatable bonds is 7. The lowest BCUT2D eigenvalue weighted by molar-refractivity contribution is -0.142. The van der Waals surface area contributed by atoms with E-state index in [2.05, 4.69) is 40.0 Å². The molecule has 9 heteroatoms. The van der Waals surface area contributed by atoms with E-state index >= 15 is 0 Å². The van der Waals surface area contributed by atoms with Crippen LogP contribution in [0.4, 0.5) is 10.5 Å². The van der Waals surface area contributed by atoms with E-state index in [1.54, 1.807) is 0 Å². The number of benzene rings is 2. The molecule has 1 aromatic heterocycles. The summed E-state index contributed by atoms with van der Waals surface area (Å²) in [5.74, 6) is -1.80. The van der Waals surface area contributed by atoms with Crippen molar-refractivity contribution in [2.75, 3.05) is 11.9 Å². The van der Waals surface area contributed by atoms with E-state index in [1.165, 1.54) is 17.1 Å². The van der Waals surface area contributed by atoms with E-state index in [-0.39, 0.29) is 31.0 Å². The molecule has 180 valence electrons. The fourth-order valence-electron chi connectivity index (χ4n) is 5.09. The van der Waals surface area contributed by atoms with Crippen molar-refractivity contribution < 1.29 is 24.2 Å². The predicted molar refractivity (Wildman–Crippen MR) is 128 cm³/mol. The third-order valence-electron chi connectivity index (χ3n) is 6.71. The van der Waals surface area contributed by atoms with Gasteiger partial charge in [0.25, 0.3) is 0 Å². The van der Waals surface area contributed by atoms with Crippen LogP contribution in [0.15, 0.2) is 60.9 Å². The summed E-state index contributed by atoms with van der Waals surface area (Å²) >= 11 is 0. The van der Waals surface area contributed by atoms with Gasteiger partial charge in [-0.15, -0.1) is 0 Å². The van der Waals surface area contributed by atoms with Crippen LogP contribution in [0.5, 0.6) is 0 Å². The second kappa shape index (κ2) is 9.61. The van der Waals surface area contributed by atoms with Gasteiger partial charge < -0.3 is 15.2 Å². The third-order valence-corrected chi connectivity index (χ3v) is 6.71. The lowest BCUT2D eigenvalue weighted by atomic mass is 9.98. The highest BCUT2D eigenvalue weighted by molar-refractivity contribution is 5.85. The quantitative estimate of drug-likeness (QED) is 0.481. The van der Waals surface area contributed by atoms with Crippen molar-refractivity contribution in [2.24, 2.45) is 5.92 Å². The number of nitrogens with zero attached hydrogens (tertiary/aromatic N) is 2. The van der Waals surface area contributed by atoms with Gasteiger partial charge in [-0.05, 0) is 35.1 Å². The fraction of sp³-hybridized carbons (Fsp3) is 0.308. The average molecular weight is 475 g/mol. The summed E-state index contributed by atoms with van der Waals surface area (Å²) in [5.41, 5.74) is 4.98. The Labute approximate surface area is 202 Å². The average Bonchev–Trinajstić information content (AvgIpc) is 3.56. The molecule has 0 spiro atoms. The van der Waals surface area contributed by atoms with E-state index in [0.717, 1.165) is 28.7 Å². The number of aliphatic carboxylic acids is 1. The Morgan fingerprint density at radius 1 is 1.03 bits per heavy atom. The number of aromatic nitrogens is 2. The lowest BCUT2D eigenvalue weighted by Gasteiger charge is -2.17. The topological polar surface area (TPSA) is 123 Å². The predicted octanol–water partition coefficient (Wildman–Crippen LogP) is 3.61. The highest BCUT2D eigenvalue weighted by Crippen LogP contribution is 2.44. The Balaban J connectivity index is 1.15. The van der Waals surface area contributed by atoms with Crippen LogP contribution in [0.1, 0.15) is 36.3 Å². The van der Waals surface area contributed by atoms with Gasteiger partial charge in [-0.3, -0.25) is 19.6 Å². The Hall–Kier alpha value is -4.14. The van der Waals surface area contributed by atoms with Gasteiger partial charge in [0.1, 0.15) is 13.2 Å². The number of fused-ring (bicyclic) bond motifs is 3. The lowest BCUT2D eigenvalue weighted by Crippen LogP contribution is -2.41. The molecular weight excluding hydrogens is 448 g/mol. The summed E-state index contributed by atoms with van der Waals surface area (Å²) in [6, 6.07) is 15.9. The molecule has 3 aromatic rings. The fourth-order valence-corrected chi connectivity index (χ4v) is 5.09. The van der Waals surface area contributed by atoms with Gasteiger partial charge >= 0.3 is 12.1 Å². The molecule has 0 radical (unpaired) electrons. The van der Waals surface area contributed by atoms with E-state index in [9.17, 15) is 19.5 Å². The molecule has 35 heavy (non-hydrogen) atoms. The Bertz CT molecular complexity index is 1220. The Kier molecular flexibility index (Phi) is 6.22. The molecule has 1 saturated carbocycles. The molecule has 5 rings (SSSR count). The van der Waals surface area contributed by atoms with Crippen LogP contribution in [-0.2, 0) is 20.9 Å². The molecule has 0 aliphatic heterocycles. The molecule has 2 aliphatic carbocycles. The van der Waals surface area contributed by atoms with Gasteiger partial charge in [-0.25, -0.2) is 4.79 Å². The van der Waals surface area contributed by atoms with Crippen LogP contribution >= 0.6 is 0 Å². The maximum absolute atomic E-state index is 12.4. The van der Waals surface area contributed by atoms with Crippen molar-refractivity contribution in [1.29, 1.82) is 0 Å². The standard InChI is InChI=1S/C26H26N4O5/c31-24(29-23-11-5-10-21(23)25(32)33)14-30-13-16(12-27-30)28-26(34)35-15-22-19-8-3-1-6-17(19)18-7-2-4-9-20(18)22/h1-4,6-9,12-13,21-23H,5,10-11,14-15H2,(H,28,34)(H,29,31)(H,32,33)/t21-,23+/m0/s1. The van der Waals surface area contributed by atoms with Crippen molar-refractivity contribution in [3.63, 3.8) is 0 Å². The molecule has 2 aliphatic rings. The second-order valence-corrected chi connectivity index (χ2v) is 8.93. The summed E-state index contributed by atoms with van der Waals surface area (Å²) in [5, 5.41) is 18.8. The van der Waals surface area contributed by atoms with E-state index in [1.807, 2.05) is 24.3 Å². The number of nitrogens with one attached hydrogen (secondary N) is 2. The highest BCUT2D eigenvalue weighted by Gasteiger charge is 2.34. The van der Waals surface area contributed by atoms with Gasteiger partial charge in [0.05, 0.1) is 17.8 Å². The minimum atomic E-state index is -0.888. The van der Waals surface area contributed by atoms with E-state index in [4.69, 9.17) is 4.74 Å². The van der Waals surface area contributed by atoms with Crippen molar-refractivity contribution >= 4 is 23.7 Å².